The Labute approximate surface area is 185 Å². The molecule has 4 aromatic rings. The first kappa shape index (κ1) is 19.1. The van der Waals surface area contributed by atoms with Crippen molar-refractivity contribution in [3.63, 3.8) is 0 Å². The molecule has 5 heterocycles. The Bertz CT molecular complexity index is 1240. The van der Waals surface area contributed by atoms with Crippen LogP contribution in [0.5, 0.6) is 0 Å². The predicted octanol–water partition coefficient (Wildman–Crippen LogP) is 2.53. The van der Waals surface area contributed by atoms with Gasteiger partial charge in [0.2, 0.25) is 5.95 Å². The lowest BCUT2D eigenvalue weighted by Gasteiger charge is -2.29. The van der Waals surface area contributed by atoms with E-state index in [-0.39, 0.29) is 0 Å². The number of aryl methyl sites for hydroxylation is 1. The molecule has 2 aliphatic rings. The molecule has 6 rings (SSSR count). The average Bonchev–Trinajstić information content (AvgIpc) is 3.44. The largest absolute Gasteiger partial charge is 0.378 e. The molecule has 1 fully saturated rings. The second-order valence-electron chi connectivity index (χ2n) is 8.16. The van der Waals surface area contributed by atoms with Crippen LogP contribution in [0.4, 0.5) is 23.1 Å². The van der Waals surface area contributed by atoms with Gasteiger partial charge in [0.25, 0.3) is 0 Å². The number of nitrogens with zero attached hydrogens (tertiary/aromatic N) is 6. The molecule has 0 bridgehead atoms. The molecule has 10 heteroatoms. The van der Waals surface area contributed by atoms with Crippen LogP contribution in [0.15, 0.2) is 30.6 Å². The summed E-state index contributed by atoms with van der Waals surface area (Å²) in [4.78, 5) is 29.7. The smallest absolute Gasteiger partial charge is 0.231 e. The van der Waals surface area contributed by atoms with Crippen molar-refractivity contribution in [2.75, 3.05) is 48.0 Å². The Balaban J connectivity index is 1.29. The number of rotatable bonds is 4. The van der Waals surface area contributed by atoms with E-state index >= 15 is 0 Å². The average molecular weight is 432 g/mol. The van der Waals surface area contributed by atoms with E-state index in [1.54, 1.807) is 6.33 Å². The zero-order valence-corrected chi connectivity index (χ0v) is 17.9. The van der Waals surface area contributed by atoms with Crippen molar-refractivity contribution >= 4 is 34.3 Å². The van der Waals surface area contributed by atoms with E-state index in [0.29, 0.717) is 11.6 Å². The molecule has 3 aromatic heterocycles. The molecule has 0 atom stereocenters. The number of benzene rings is 1. The maximum Gasteiger partial charge on any atom is 0.231 e. The minimum atomic E-state index is 0.536. The minimum Gasteiger partial charge on any atom is -0.378 e. The van der Waals surface area contributed by atoms with Crippen LogP contribution >= 0.6 is 0 Å². The summed E-state index contributed by atoms with van der Waals surface area (Å²) in [5.74, 6) is 2.21. The van der Waals surface area contributed by atoms with Crippen LogP contribution in [0, 0.1) is 6.92 Å². The third-order valence-electron chi connectivity index (χ3n) is 6.02. The first-order valence-electron chi connectivity index (χ1n) is 10.9. The lowest BCUT2D eigenvalue weighted by Crippen LogP contribution is -2.36. The first-order chi connectivity index (χ1) is 15.7. The van der Waals surface area contributed by atoms with Crippen molar-refractivity contribution in [1.29, 1.82) is 0 Å². The SMILES string of the molecule is Cc1nc2nc(Nc3ccc(N4CCOCC4)cc3)nc(N3CCc4nc[nH]c4C3)c2[nH]1. The van der Waals surface area contributed by atoms with E-state index in [9.17, 15) is 0 Å². The van der Waals surface area contributed by atoms with Gasteiger partial charge in [0.05, 0.1) is 37.5 Å². The fraction of sp³-hybridized carbons (Fsp3) is 0.364. The number of imidazole rings is 2. The number of H-pyrrole nitrogens is 2. The van der Waals surface area contributed by atoms with Crippen LogP contribution < -0.4 is 15.1 Å². The molecule has 3 N–H and O–H groups in total. The Morgan fingerprint density at radius 1 is 1.00 bits per heavy atom. The van der Waals surface area contributed by atoms with Crippen molar-refractivity contribution < 1.29 is 4.74 Å². The first-order valence-corrected chi connectivity index (χ1v) is 10.9. The summed E-state index contributed by atoms with van der Waals surface area (Å²) in [5.41, 5.74) is 5.92. The summed E-state index contributed by atoms with van der Waals surface area (Å²) in [5, 5.41) is 3.36. The van der Waals surface area contributed by atoms with Crippen molar-refractivity contribution in [2.24, 2.45) is 0 Å². The van der Waals surface area contributed by atoms with Gasteiger partial charge in [0.1, 0.15) is 11.3 Å². The van der Waals surface area contributed by atoms with E-state index < -0.39 is 0 Å². The van der Waals surface area contributed by atoms with Gasteiger partial charge in [-0.15, -0.1) is 0 Å². The van der Waals surface area contributed by atoms with E-state index in [2.05, 4.69) is 64.3 Å². The summed E-state index contributed by atoms with van der Waals surface area (Å²) < 4.78 is 5.45. The highest BCUT2D eigenvalue weighted by Gasteiger charge is 2.23. The van der Waals surface area contributed by atoms with Gasteiger partial charge in [0, 0.05) is 37.4 Å². The molecular weight excluding hydrogens is 406 g/mol. The Morgan fingerprint density at radius 3 is 2.69 bits per heavy atom. The molecule has 0 aliphatic carbocycles. The maximum atomic E-state index is 5.45. The van der Waals surface area contributed by atoms with Gasteiger partial charge in [0.15, 0.2) is 11.5 Å². The van der Waals surface area contributed by atoms with E-state index in [0.717, 1.165) is 80.0 Å². The summed E-state index contributed by atoms with van der Waals surface area (Å²) in [6.07, 6.45) is 2.64. The topological polar surface area (TPSA) is 111 Å². The third-order valence-corrected chi connectivity index (χ3v) is 6.02. The number of anilines is 4. The highest BCUT2D eigenvalue weighted by Crippen LogP contribution is 2.29. The number of nitrogens with one attached hydrogen (secondary N) is 3. The second kappa shape index (κ2) is 7.79. The van der Waals surface area contributed by atoms with Crippen molar-refractivity contribution in [1.82, 2.24) is 29.9 Å². The Hall–Kier alpha value is -3.66. The quantitative estimate of drug-likeness (QED) is 0.452. The minimum absolute atomic E-state index is 0.536. The lowest BCUT2D eigenvalue weighted by molar-refractivity contribution is 0.122. The number of ether oxygens (including phenoxy) is 1. The van der Waals surface area contributed by atoms with Crippen LogP contribution in [0.1, 0.15) is 17.2 Å². The molecule has 1 saturated heterocycles. The molecular formula is C22H25N9O. The molecule has 0 radical (unpaired) electrons. The van der Waals surface area contributed by atoms with Crippen molar-refractivity contribution in [3.05, 3.63) is 47.8 Å². The van der Waals surface area contributed by atoms with Gasteiger partial charge in [-0.25, -0.2) is 9.97 Å². The van der Waals surface area contributed by atoms with E-state index in [1.807, 2.05) is 6.92 Å². The Kier molecular flexibility index (Phi) is 4.64. The monoisotopic (exact) mass is 431 g/mol. The molecule has 164 valence electrons. The lowest BCUT2D eigenvalue weighted by atomic mass is 10.1. The molecule has 0 amide bonds. The number of morpholine rings is 1. The fourth-order valence-corrected chi connectivity index (χ4v) is 4.38. The summed E-state index contributed by atoms with van der Waals surface area (Å²) >= 11 is 0. The second-order valence-corrected chi connectivity index (χ2v) is 8.16. The standard InChI is InChI=1S/C22H25N9O/c1-14-25-19-20(26-14)28-22(29-21(19)31-7-6-17-18(12-31)24-13-23-17)27-15-2-4-16(5-3-15)30-8-10-32-11-9-30/h2-5,13H,6-12H2,1H3,(H,23,24)(H2,25,26,27,28,29). The normalized spacial score (nSPS) is 16.4. The van der Waals surface area contributed by atoms with Gasteiger partial charge in [-0.1, -0.05) is 0 Å². The number of hydrogen-bond acceptors (Lipinski definition) is 8. The summed E-state index contributed by atoms with van der Waals surface area (Å²) in [6.45, 7) is 6.90. The summed E-state index contributed by atoms with van der Waals surface area (Å²) in [6, 6.07) is 8.36. The highest BCUT2D eigenvalue weighted by atomic mass is 16.5. The van der Waals surface area contributed by atoms with Gasteiger partial charge < -0.3 is 29.8 Å². The van der Waals surface area contributed by atoms with Crippen LogP contribution in [0.2, 0.25) is 0 Å². The Morgan fingerprint density at radius 2 is 1.84 bits per heavy atom. The van der Waals surface area contributed by atoms with Crippen LogP contribution in [0.3, 0.4) is 0 Å². The molecule has 0 saturated carbocycles. The highest BCUT2D eigenvalue weighted by molar-refractivity contribution is 5.85. The predicted molar refractivity (Wildman–Crippen MR) is 123 cm³/mol. The number of aromatic nitrogens is 6. The van der Waals surface area contributed by atoms with Gasteiger partial charge in [-0.05, 0) is 31.2 Å². The number of hydrogen-bond donors (Lipinski definition) is 3. The fourth-order valence-electron chi connectivity index (χ4n) is 4.38. The van der Waals surface area contributed by atoms with Crippen LogP contribution in [0.25, 0.3) is 11.2 Å². The molecule has 10 nitrogen and oxygen atoms in total. The molecule has 2 aliphatic heterocycles. The summed E-state index contributed by atoms with van der Waals surface area (Å²) in [7, 11) is 0. The van der Waals surface area contributed by atoms with Gasteiger partial charge >= 0.3 is 0 Å². The number of aromatic amines is 2. The molecule has 1 aromatic carbocycles. The molecule has 32 heavy (non-hydrogen) atoms. The zero-order chi connectivity index (χ0) is 21.5. The van der Waals surface area contributed by atoms with Crippen molar-refractivity contribution in [2.45, 2.75) is 19.9 Å². The van der Waals surface area contributed by atoms with Crippen molar-refractivity contribution in [3.8, 4) is 0 Å². The van der Waals surface area contributed by atoms with Gasteiger partial charge in [-0.3, -0.25) is 0 Å². The number of fused-ring (bicyclic) bond motifs is 2. The van der Waals surface area contributed by atoms with Crippen LogP contribution in [-0.4, -0.2) is 62.8 Å². The zero-order valence-electron chi connectivity index (χ0n) is 17.9. The van der Waals surface area contributed by atoms with E-state index in [4.69, 9.17) is 9.72 Å². The molecule has 0 unspecified atom stereocenters. The van der Waals surface area contributed by atoms with E-state index in [1.165, 1.54) is 5.69 Å². The third kappa shape index (κ3) is 3.52. The maximum absolute atomic E-state index is 5.45. The molecule has 0 spiro atoms. The van der Waals surface area contributed by atoms with Gasteiger partial charge in [-0.2, -0.15) is 9.97 Å². The van der Waals surface area contributed by atoms with Crippen LogP contribution in [-0.2, 0) is 17.7 Å².